The first-order valence-electron chi connectivity index (χ1n) is 9.54. The predicted molar refractivity (Wildman–Crippen MR) is 106 cm³/mol. The van der Waals surface area contributed by atoms with E-state index in [1.165, 1.54) is 38.4 Å². The van der Waals surface area contributed by atoms with Crippen molar-refractivity contribution in [2.75, 3.05) is 12.4 Å². The lowest BCUT2D eigenvalue weighted by Crippen LogP contribution is -2.33. The van der Waals surface area contributed by atoms with Crippen molar-refractivity contribution in [3.63, 3.8) is 0 Å². The molecule has 1 saturated heterocycles. The molecule has 30 heavy (non-hydrogen) atoms. The van der Waals surface area contributed by atoms with Crippen molar-refractivity contribution in [3.05, 3.63) is 58.9 Å². The highest BCUT2D eigenvalue weighted by Gasteiger charge is 2.51. The van der Waals surface area contributed by atoms with Crippen molar-refractivity contribution in [1.29, 1.82) is 0 Å². The normalized spacial score (nSPS) is 22.6. The van der Waals surface area contributed by atoms with E-state index in [9.17, 15) is 18.4 Å². The van der Waals surface area contributed by atoms with Gasteiger partial charge in [-0.05, 0) is 56.0 Å². The van der Waals surface area contributed by atoms with Crippen molar-refractivity contribution < 1.29 is 27.8 Å². The van der Waals surface area contributed by atoms with Crippen molar-refractivity contribution in [1.82, 2.24) is 4.98 Å². The van der Waals surface area contributed by atoms with Crippen molar-refractivity contribution in [2.45, 2.75) is 45.3 Å². The van der Waals surface area contributed by atoms with E-state index in [0.29, 0.717) is 11.3 Å². The number of esters is 1. The molecule has 1 aromatic carbocycles. The van der Waals surface area contributed by atoms with Crippen molar-refractivity contribution in [3.8, 4) is 0 Å². The maximum Gasteiger partial charge on any atom is 0.356 e. The van der Waals surface area contributed by atoms with Crippen LogP contribution >= 0.6 is 0 Å². The van der Waals surface area contributed by atoms with E-state index in [1.54, 1.807) is 0 Å². The molecule has 0 bridgehead atoms. The Balaban J connectivity index is 1.94. The van der Waals surface area contributed by atoms with E-state index >= 15 is 0 Å². The van der Waals surface area contributed by atoms with Crippen LogP contribution in [0, 0.1) is 24.5 Å². The first-order chi connectivity index (χ1) is 14.1. The molecule has 6 nitrogen and oxygen atoms in total. The topological polar surface area (TPSA) is 77.5 Å². The average molecular weight is 418 g/mol. The van der Waals surface area contributed by atoms with Crippen LogP contribution in [0.2, 0.25) is 0 Å². The fraction of sp³-hybridized carbons (Fsp3) is 0.409. The van der Waals surface area contributed by atoms with Crippen molar-refractivity contribution >= 4 is 17.6 Å². The molecule has 0 radical (unpaired) electrons. The molecular weight excluding hydrogens is 394 g/mol. The second-order valence-electron chi connectivity index (χ2n) is 7.94. The molecule has 3 atom stereocenters. The van der Waals surface area contributed by atoms with Crippen LogP contribution in [0.5, 0.6) is 0 Å². The number of pyridine rings is 1. The molecule has 0 unspecified atom stereocenters. The summed E-state index contributed by atoms with van der Waals surface area (Å²) in [5.41, 5.74) is 0.403. The molecule has 2 heterocycles. The molecule has 1 N–H and O–H groups in total. The molecule has 0 aliphatic carbocycles. The molecule has 0 saturated carbocycles. The monoisotopic (exact) mass is 418 g/mol. The van der Waals surface area contributed by atoms with Crippen molar-refractivity contribution in [2.24, 2.45) is 5.92 Å². The number of ether oxygens (including phenoxy) is 2. The highest BCUT2D eigenvalue weighted by molar-refractivity contribution is 5.96. The molecule has 1 amide bonds. The van der Waals surface area contributed by atoms with Gasteiger partial charge in [0.2, 0.25) is 0 Å². The number of hydrogen-bond acceptors (Lipinski definition) is 5. The number of nitrogens with one attached hydrogen (secondary N) is 1. The summed E-state index contributed by atoms with van der Waals surface area (Å²) in [6.07, 6.45) is 0.439. The fourth-order valence-electron chi connectivity index (χ4n) is 3.82. The van der Waals surface area contributed by atoms with Gasteiger partial charge in [-0.3, -0.25) is 4.79 Å². The molecule has 2 aromatic rings. The van der Waals surface area contributed by atoms with E-state index in [-0.39, 0.29) is 17.2 Å². The van der Waals surface area contributed by atoms with Crippen LogP contribution in [0.4, 0.5) is 14.5 Å². The molecule has 0 spiro atoms. The number of benzene rings is 1. The summed E-state index contributed by atoms with van der Waals surface area (Å²) in [7, 11) is 1.24. The Morgan fingerprint density at radius 3 is 2.60 bits per heavy atom. The predicted octanol–water partition coefficient (Wildman–Crippen LogP) is 3.99. The first kappa shape index (κ1) is 21.8. The molecule has 1 aromatic heterocycles. The highest BCUT2D eigenvalue weighted by atomic mass is 19.2. The Bertz CT molecular complexity index is 993. The van der Waals surface area contributed by atoms with E-state index in [0.717, 1.165) is 6.07 Å². The van der Waals surface area contributed by atoms with Gasteiger partial charge in [0, 0.05) is 17.8 Å². The van der Waals surface area contributed by atoms with Crippen LogP contribution in [0.25, 0.3) is 0 Å². The van der Waals surface area contributed by atoms with E-state index < -0.39 is 41.1 Å². The number of carbonyl (C=O) groups is 2. The van der Waals surface area contributed by atoms with Gasteiger partial charge in [-0.25, -0.2) is 18.6 Å². The number of anilines is 1. The van der Waals surface area contributed by atoms with Gasteiger partial charge < -0.3 is 14.8 Å². The lowest BCUT2D eigenvalue weighted by Gasteiger charge is -2.25. The summed E-state index contributed by atoms with van der Waals surface area (Å²) < 4.78 is 38.6. The van der Waals surface area contributed by atoms with Crippen LogP contribution in [0.15, 0.2) is 30.5 Å². The van der Waals surface area contributed by atoms with Crippen LogP contribution in [0.3, 0.4) is 0 Å². The minimum atomic E-state index is -0.937. The van der Waals surface area contributed by atoms with E-state index in [2.05, 4.69) is 15.0 Å². The summed E-state index contributed by atoms with van der Waals surface area (Å²) in [5, 5.41) is 2.73. The molecule has 1 fully saturated rings. The molecule has 1 aliphatic heterocycles. The van der Waals surface area contributed by atoms with Crippen LogP contribution in [-0.4, -0.2) is 35.7 Å². The van der Waals surface area contributed by atoms with Gasteiger partial charge in [0.05, 0.1) is 12.7 Å². The Morgan fingerprint density at radius 2 is 1.93 bits per heavy atom. The number of hydrogen-bond donors (Lipinski definition) is 1. The Hall–Kier alpha value is -2.87. The SMILES string of the molecule is COC(=O)c1cc(NC(=O)[C@@H]2OC(C)(C)[C@@H](C)[C@H]2c2ccc(F)c(F)c2C)ccn1. The molecule has 160 valence electrons. The zero-order valence-electron chi connectivity index (χ0n) is 17.5. The minimum Gasteiger partial charge on any atom is -0.464 e. The van der Waals surface area contributed by atoms with Gasteiger partial charge in [-0.15, -0.1) is 0 Å². The number of amides is 1. The standard InChI is InChI=1S/C22H24F2N2O4/c1-11-14(6-7-15(23)18(11)24)17-12(2)22(3,4)30-19(17)20(27)26-13-8-9-25-16(10-13)21(28)29-5/h6-10,12,17,19H,1-5H3,(H,25,26,27)/t12-,17-,19+/m0/s1. The summed E-state index contributed by atoms with van der Waals surface area (Å²) in [4.78, 5) is 28.7. The van der Waals surface area contributed by atoms with Gasteiger partial charge >= 0.3 is 5.97 Å². The van der Waals surface area contributed by atoms with Gasteiger partial charge in [-0.2, -0.15) is 0 Å². The summed E-state index contributed by atoms with van der Waals surface area (Å²) in [6.45, 7) is 7.12. The summed E-state index contributed by atoms with van der Waals surface area (Å²) in [5.74, 6) is -3.59. The quantitative estimate of drug-likeness (QED) is 0.760. The Labute approximate surface area is 173 Å². The zero-order valence-corrected chi connectivity index (χ0v) is 17.5. The number of nitrogens with zero attached hydrogens (tertiary/aromatic N) is 1. The van der Waals surface area contributed by atoms with Gasteiger partial charge in [0.1, 0.15) is 11.8 Å². The zero-order chi connectivity index (χ0) is 22.2. The van der Waals surface area contributed by atoms with Crippen LogP contribution < -0.4 is 5.32 Å². The maximum absolute atomic E-state index is 14.2. The maximum atomic E-state index is 14.2. The summed E-state index contributed by atoms with van der Waals surface area (Å²) >= 11 is 0. The van der Waals surface area contributed by atoms with Crippen LogP contribution in [0.1, 0.15) is 48.3 Å². The largest absolute Gasteiger partial charge is 0.464 e. The minimum absolute atomic E-state index is 0.0457. The van der Waals surface area contributed by atoms with E-state index in [4.69, 9.17) is 4.74 Å². The molecule has 3 rings (SSSR count). The lowest BCUT2D eigenvalue weighted by atomic mass is 9.77. The number of methoxy groups -OCH3 is 1. The first-order valence-corrected chi connectivity index (χ1v) is 9.54. The third-order valence-electron chi connectivity index (χ3n) is 5.81. The summed E-state index contributed by atoms with van der Waals surface area (Å²) in [6, 6.07) is 5.49. The third kappa shape index (κ3) is 3.92. The third-order valence-corrected chi connectivity index (χ3v) is 5.81. The highest BCUT2D eigenvalue weighted by Crippen LogP contribution is 2.47. The molecule has 8 heteroatoms. The van der Waals surface area contributed by atoms with E-state index in [1.807, 2.05) is 20.8 Å². The number of rotatable bonds is 4. The molecule has 1 aliphatic rings. The smallest absolute Gasteiger partial charge is 0.356 e. The second-order valence-corrected chi connectivity index (χ2v) is 7.94. The second kappa shape index (κ2) is 8.10. The number of halogens is 2. The number of carbonyl (C=O) groups excluding carboxylic acids is 2. The molecular formula is C22H24F2N2O4. The Morgan fingerprint density at radius 1 is 1.23 bits per heavy atom. The average Bonchev–Trinajstić information content (AvgIpc) is 2.95. The number of aromatic nitrogens is 1. The van der Waals surface area contributed by atoms with Gasteiger partial charge in [0.25, 0.3) is 5.91 Å². The van der Waals surface area contributed by atoms with Gasteiger partial charge in [0.15, 0.2) is 11.6 Å². The lowest BCUT2D eigenvalue weighted by molar-refractivity contribution is -0.131. The van der Waals surface area contributed by atoms with Crippen LogP contribution in [-0.2, 0) is 14.3 Å². The Kier molecular flexibility index (Phi) is 5.90. The van der Waals surface area contributed by atoms with Gasteiger partial charge in [-0.1, -0.05) is 13.0 Å². The fourth-order valence-corrected chi connectivity index (χ4v) is 3.82.